The van der Waals surface area contributed by atoms with Gasteiger partial charge in [0.05, 0.1) is 5.56 Å². The zero-order valence-electron chi connectivity index (χ0n) is 30.0. The first kappa shape index (κ1) is 30.9. The Balaban J connectivity index is 0.971. The van der Waals surface area contributed by atoms with E-state index in [0.717, 1.165) is 66.1 Å². The molecule has 1 aliphatic rings. The molecule has 0 spiro atoms. The van der Waals surface area contributed by atoms with E-state index in [4.69, 9.17) is 18.8 Å². The van der Waals surface area contributed by atoms with Gasteiger partial charge in [0.1, 0.15) is 34.3 Å². The molecule has 0 saturated carbocycles. The van der Waals surface area contributed by atoms with Crippen LogP contribution in [0.2, 0.25) is 0 Å². The van der Waals surface area contributed by atoms with E-state index in [1.807, 2.05) is 36.4 Å². The van der Waals surface area contributed by atoms with Crippen LogP contribution in [0.25, 0.3) is 87.3 Å². The van der Waals surface area contributed by atoms with E-state index in [-0.39, 0.29) is 6.17 Å². The minimum atomic E-state index is -0.343. The highest BCUT2D eigenvalue weighted by molar-refractivity contribution is 6.26. The Bertz CT molecular complexity index is 3430. The summed E-state index contributed by atoms with van der Waals surface area (Å²) in [4.78, 5) is 10.3. The normalized spacial score (nSPS) is 14.6. The topological polar surface area (TPSA) is 63.0 Å². The van der Waals surface area contributed by atoms with Crippen LogP contribution >= 0.6 is 0 Å². The summed E-state index contributed by atoms with van der Waals surface area (Å²) in [6.07, 6.45) is -0.343. The predicted molar refractivity (Wildman–Crippen MR) is 231 cm³/mol. The van der Waals surface area contributed by atoms with Crippen molar-refractivity contribution in [2.75, 3.05) is 0 Å². The number of aliphatic imine (C=N–C) groups is 2. The minimum absolute atomic E-state index is 0.343. The highest BCUT2D eigenvalue weighted by Crippen LogP contribution is 2.39. The van der Waals surface area contributed by atoms with Gasteiger partial charge < -0.3 is 14.2 Å². The zero-order chi connectivity index (χ0) is 36.7. The van der Waals surface area contributed by atoms with Gasteiger partial charge in [0.25, 0.3) is 0 Å². The molecule has 0 aliphatic carbocycles. The quantitative estimate of drug-likeness (QED) is 0.184. The molecule has 0 bridgehead atoms. The van der Waals surface area contributed by atoms with Crippen molar-refractivity contribution in [3.05, 3.63) is 193 Å². The summed E-state index contributed by atoms with van der Waals surface area (Å²) in [6, 6.07) is 61.7. The molecule has 1 unspecified atom stereocenters. The molecule has 0 fully saturated rings. The molecule has 1 N–H and O–H groups in total. The van der Waals surface area contributed by atoms with Crippen LogP contribution in [0.5, 0.6) is 0 Å². The molecule has 0 radical (unpaired) electrons. The molecule has 9 aromatic carbocycles. The number of nitrogens with one attached hydrogen (secondary N) is 1. The number of para-hydroxylation sites is 2. The van der Waals surface area contributed by atoms with Crippen molar-refractivity contribution in [3.63, 3.8) is 0 Å². The molecular weight excluding hydrogens is 687 g/mol. The first-order valence-corrected chi connectivity index (χ1v) is 18.9. The maximum atomic E-state index is 6.53. The van der Waals surface area contributed by atoms with Crippen molar-refractivity contribution < 1.29 is 8.83 Å². The lowest BCUT2D eigenvalue weighted by Gasteiger charge is -2.23. The van der Waals surface area contributed by atoms with Crippen LogP contribution in [0, 0.1) is 0 Å². The maximum Gasteiger partial charge on any atom is 0.159 e. The van der Waals surface area contributed by atoms with Gasteiger partial charge in [-0.05, 0) is 91.5 Å². The van der Waals surface area contributed by atoms with Crippen LogP contribution in [0.4, 0.5) is 0 Å². The molecule has 0 saturated heterocycles. The molecule has 12 rings (SSSR count). The molecule has 0 amide bonds. The third-order valence-corrected chi connectivity index (χ3v) is 11.3. The van der Waals surface area contributed by atoms with Gasteiger partial charge in [0.15, 0.2) is 5.84 Å². The molecule has 262 valence electrons. The van der Waals surface area contributed by atoms with E-state index in [9.17, 15) is 0 Å². The number of rotatable bonds is 4. The number of furan rings is 2. The summed E-state index contributed by atoms with van der Waals surface area (Å²) in [5.74, 6) is 1.33. The standard InChI is InChI=1S/C51H31N3O2/c1-2-11-30(12-3-1)49-52-50(54-51(53-49)42-19-10-18-41-39-17-8-9-20-45(39)56-48(41)42)33-22-25-40-44-28-32(23-26-46(44)55-47(40)29-33)31-21-24-38-36-15-5-4-13-34(36)35-14-6-7-16-37(35)43(38)27-31/h1-29,49H,(H,52,53,54). The SMILES string of the molecule is c1ccc(C2N=C(c3ccc4c(c3)oc3ccc(-c5ccc6c7ccccc7c7ccccc7c6c5)cc34)N=C(c3cccc4c3oc3ccccc34)N2)cc1. The lowest BCUT2D eigenvalue weighted by atomic mass is 9.92. The van der Waals surface area contributed by atoms with Crippen LogP contribution < -0.4 is 5.32 Å². The third-order valence-electron chi connectivity index (χ3n) is 11.3. The molecule has 5 nitrogen and oxygen atoms in total. The van der Waals surface area contributed by atoms with Gasteiger partial charge in [-0.25, -0.2) is 9.98 Å². The fraction of sp³-hybridized carbons (Fsp3) is 0.0196. The summed E-state index contributed by atoms with van der Waals surface area (Å²) < 4.78 is 13.0. The largest absolute Gasteiger partial charge is 0.456 e. The Morgan fingerprint density at radius 2 is 0.964 bits per heavy atom. The van der Waals surface area contributed by atoms with Gasteiger partial charge in [0, 0.05) is 27.1 Å². The smallest absolute Gasteiger partial charge is 0.159 e. The number of hydrogen-bond acceptors (Lipinski definition) is 5. The second kappa shape index (κ2) is 12.0. The summed E-state index contributed by atoms with van der Waals surface area (Å²) >= 11 is 0. The van der Waals surface area contributed by atoms with E-state index >= 15 is 0 Å². The van der Waals surface area contributed by atoms with Crippen molar-refractivity contribution in [1.82, 2.24) is 5.32 Å². The molecule has 11 aromatic rings. The van der Waals surface area contributed by atoms with Gasteiger partial charge >= 0.3 is 0 Å². The molecule has 1 aliphatic heterocycles. The number of fused-ring (bicyclic) bond motifs is 12. The zero-order valence-corrected chi connectivity index (χ0v) is 30.0. The van der Waals surface area contributed by atoms with Gasteiger partial charge in [-0.15, -0.1) is 0 Å². The summed E-state index contributed by atoms with van der Waals surface area (Å²) in [6.45, 7) is 0. The predicted octanol–water partition coefficient (Wildman–Crippen LogP) is 13.1. The fourth-order valence-corrected chi connectivity index (χ4v) is 8.64. The van der Waals surface area contributed by atoms with Crippen LogP contribution in [0.1, 0.15) is 22.9 Å². The summed E-state index contributed by atoms with van der Waals surface area (Å²) in [5.41, 5.74) is 8.40. The molecule has 2 aromatic heterocycles. The molecule has 56 heavy (non-hydrogen) atoms. The van der Waals surface area contributed by atoms with Crippen molar-refractivity contribution in [3.8, 4) is 11.1 Å². The van der Waals surface area contributed by atoms with E-state index < -0.39 is 0 Å². The monoisotopic (exact) mass is 717 g/mol. The highest BCUT2D eigenvalue weighted by atomic mass is 16.3. The first-order valence-electron chi connectivity index (χ1n) is 18.9. The Morgan fingerprint density at radius 1 is 0.393 bits per heavy atom. The van der Waals surface area contributed by atoms with Gasteiger partial charge in [-0.3, -0.25) is 0 Å². The van der Waals surface area contributed by atoms with Crippen molar-refractivity contribution >= 4 is 87.9 Å². The lowest BCUT2D eigenvalue weighted by molar-refractivity contribution is 0.659. The fourth-order valence-electron chi connectivity index (χ4n) is 8.64. The minimum Gasteiger partial charge on any atom is -0.456 e. The van der Waals surface area contributed by atoms with Crippen LogP contribution in [0.15, 0.2) is 195 Å². The third kappa shape index (κ3) is 4.74. The Morgan fingerprint density at radius 3 is 1.75 bits per heavy atom. The number of benzene rings is 9. The first-order chi connectivity index (χ1) is 27.7. The van der Waals surface area contributed by atoms with E-state index in [1.165, 1.54) is 37.9 Å². The van der Waals surface area contributed by atoms with Gasteiger partial charge in [-0.1, -0.05) is 133 Å². The maximum absolute atomic E-state index is 6.53. The van der Waals surface area contributed by atoms with Crippen LogP contribution in [-0.4, -0.2) is 11.7 Å². The van der Waals surface area contributed by atoms with E-state index in [2.05, 4.69) is 145 Å². The number of amidine groups is 2. The molecule has 3 heterocycles. The molecule has 5 heteroatoms. The summed E-state index contributed by atoms with van der Waals surface area (Å²) in [5, 5.41) is 15.5. The summed E-state index contributed by atoms with van der Waals surface area (Å²) in [7, 11) is 0. The molecular formula is C51H31N3O2. The number of hydrogen-bond donors (Lipinski definition) is 1. The van der Waals surface area contributed by atoms with Crippen molar-refractivity contribution in [2.24, 2.45) is 9.98 Å². The second-order valence-corrected chi connectivity index (χ2v) is 14.5. The Hall–Kier alpha value is -7.50. The highest BCUT2D eigenvalue weighted by Gasteiger charge is 2.24. The van der Waals surface area contributed by atoms with E-state index in [0.29, 0.717) is 11.7 Å². The second-order valence-electron chi connectivity index (χ2n) is 14.5. The Kier molecular flexibility index (Phi) is 6.63. The van der Waals surface area contributed by atoms with Gasteiger partial charge in [0.2, 0.25) is 0 Å². The average molecular weight is 718 g/mol. The van der Waals surface area contributed by atoms with Gasteiger partial charge in [-0.2, -0.15) is 0 Å². The Labute approximate surface area is 320 Å². The van der Waals surface area contributed by atoms with Crippen LogP contribution in [0.3, 0.4) is 0 Å². The molecule has 1 atom stereocenters. The average Bonchev–Trinajstić information content (AvgIpc) is 3.84. The van der Waals surface area contributed by atoms with Crippen molar-refractivity contribution in [2.45, 2.75) is 6.17 Å². The lowest BCUT2D eigenvalue weighted by Crippen LogP contribution is -2.33. The van der Waals surface area contributed by atoms with Crippen molar-refractivity contribution in [1.29, 1.82) is 0 Å². The van der Waals surface area contributed by atoms with Crippen LogP contribution in [-0.2, 0) is 0 Å². The number of nitrogens with zero attached hydrogens (tertiary/aromatic N) is 2. The van der Waals surface area contributed by atoms with E-state index in [1.54, 1.807) is 0 Å².